The lowest BCUT2D eigenvalue weighted by Crippen LogP contribution is -2.54. The van der Waals surface area contributed by atoms with E-state index in [1.54, 1.807) is 18.2 Å². The molecule has 4 nitrogen and oxygen atoms in total. The predicted molar refractivity (Wildman–Crippen MR) is 103 cm³/mol. The molecule has 1 heterocycles. The van der Waals surface area contributed by atoms with Crippen molar-refractivity contribution < 1.29 is 14.3 Å². The lowest BCUT2D eigenvalue weighted by Gasteiger charge is -2.41. The number of phenols is 1. The Morgan fingerprint density at radius 2 is 1.67 bits per heavy atom. The van der Waals surface area contributed by atoms with Gasteiger partial charge in [0.1, 0.15) is 11.6 Å². The van der Waals surface area contributed by atoms with Crippen LogP contribution in [-0.4, -0.2) is 42.1 Å². The number of para-hydroxylation sites is 2. The second-order valence-electron chi connectivity index (χ2n) is 7.57. The highest BCUT2D eigenvalue weighted by Gasteiger charge is 2.45. The molecule has 2 fully saturated rings. The smallest absolute Gasteiger partial charge is 0.233 e. The van der Waals surface area contributed by atoms with Crippen LogP contribution in [0.3, 0.4) is 0 Å². The summed E-state index contributed by atoms with van der Waals surface area (Å²) in [7, 11) is 0. The van der Waals surface area contributed by atoms with Gasteiger partial charge < -0.3 is 14.9 Å². The van der Waals surface area contributed by atoms with E-state index in [1.807, 2.05) is 23.1 Å². The number of benzene rings is 2. The summed E-state index contributed by atoms with van der Waals surface area (Å²) in [5.41, 5.74) is 1.04. The molecule has 1 N–H and O–H groups in total. The molecule has 142 valence electrons. The van der Waals surface area contributed by atoms with Gasteiger partial charge in [0, 0.05) is 26.2 Å². The van der Waals surface area contributed by atoms with Crippen molar-refractivity contribution in [2.24, 2.45) is 0 Å². The first kappa shape index (κ1) is 17.8. The Bertz CT molecular complexity index is 825. The molecule has 0 aromatic heterocycles. The summed E-state index contributed by atoms with van der Waals surface area (Å²) in [4.78, 5) is 17.5. The molecule has 0 atom stereocenters. The molecule has 27 heavy (non-hydrogen) atoms. The number of anilines is 1. The van der Waals surface area contributed by atoms with Gasteiger partial charge in [0.2, 0.25) is 5.91 Å². The molecule has 5 heteroatoms. The van der Waals surface area contributed by atoms with Crippen LogP contribution >= 0.6 is 0 Å². The maximum Gasteiger partial charge on any atom is 0.233 e. The normalized spacial score (nSPS) is 19.3. The molecular weight excluding hydrogens is 343 g/mol. The van der Waals surface area contributed by atoms with Crippen molar-refractivity contribution in [3.8, 4) is 5.75 Å². The molecule has 1 aliphatic heterocycles. The molecule has 0 radical (unpaired) electrons. The molecule has 0 bridgehead atoms. The Morgan fingerprint density at radius 3 is 2.33 bits per heavy atom. The van der Waals surface area contributed by atoms with Gasteiger partial charge in [-0.3, -0.25) is 4.79 Å². The second kappa shape index (κ2) is 7.22. The fourth-order valence-electron chi connectivity index (χ4n) is 4.58. The van der Waals surface area contributed by atoms with Gasteiger partial charge in [-0.25, -0.2) is 4.39 Å². The van der Waals surface area contributed by atoms with Crippen LogP contribution in [0.2, 0.25) is 0 Å². The van der Waals surface area contributed by atoms with Crippen LogP contribution in [0.25, 0.3) is 0 Å². The standard InChI is InChI=1S/C22H25FN2O2/c23-18-7-5-6-17(16-18)22(10-3-4-11-22)21(27)25-14-12-24(13-15-25)19-8-1-2-9-20(19)26/h1-2,5-9,16,26H,3-4,10-15H2. The molecular formula is C22H25FN2O2. The molecule has 0 unspecified atom stereocenters. The van der Waals surface area contributed by atoms with Crippen LogP contribution in [0.1, 0.15) is 31.2 Å². The molecule has 0 spiro atoms. The molecule has 1 saturated carbocycles. The van der Waals surface area contributed by atoms with Crippen molar-refractivity contribution in [1.82, 2.24) is 4.90 Å². The number of aromatic hydroxyl groups is 1. The topological polar surface area (TPSA) is 43.8 Å². The van der Waals surface area contributed by atoms with E-state index in [2.05, 4.69) is 4.90 Å². The number of halogens is 1. The van der Waals surface area contributed by atoms with Gasteiger partial charge >= 0.3 is 0 Å². The van der Waals surface area contributed by atoms with E-state index in [4.69, 9.17) is 0 Å². The van der Waals surface area contributed by atoms with Crippen LogP contribution in [0.5, 0.6) is 5.75 Å². The van der Waals surface area contributed by atoms with Crippen molar-refractivity contribution in [2.45, 2.75) is 31.1 Å². The van der Waals surface area contributed by atoms with Gasteiger partial charge in [0.05, 0.1) is 11.1 Å². The minimum absolute atomic E-state index is 0.127. The Kier molecular flexibility index (Phi) is 4.77. The van der Waals surface area contributed by atoms with E-state index in [9.17, 15) is 14.3 Å². The van der Waals surface area contributed by atoms with E-state index in [0.29, 0.717) is 26.2 Å². The van der Waals surface area contributed by atoms with Crippen molar-refractivity contribution in [1.29, 1.82) is 0 Å². The molecule has 2 aliphatic rings. The van der Waals surface area contributed by atoms with Crippen LogP contribution in [0.15, 0.2) is 48.5 Å². The zero-order chi connectivity index (χ0) is 18.9. The molecule has 4 rings (SSSR count). The maximum absolute atomic E-state index is 13.8. The Labute approximate surface area is 159 Å². The second-order valence-corrected chi connectivity index (χ2v) is 7.57. The van der Waals surface area contributed by atoms with Crippen LogP contribution in [0, 0.1) is 5.82 Å². The summed E-state index contributed by atoms with van der Waals surface area (Å²) >= 11 is 0. The number of phenolic OH excluding ortho intramolecular Hbond substituents is 1. The van der Waals surface area contributed by atoms with Crippen molar-refractivity contribution in [2.75, 3.05) is 31.1 Å². The van der Waals surface area contributed by atoms with Gasteiger partial charge in [-0.1, -0.05) is 37.1 Å². The number of hydrogen-bond acceptors (Lipinski definition) is 3. The molecule has 1 amide bonds. The van der Waals surface area contributed by atoms with Crippen LogP contribution in [-0.2, 0) is 10.2 Å². The lowest BCUT2D eigenvalue weighted by atomic mass is 9.77. The van der Waals surface area contributed by atoms with Crippen molar-refractivity contribution >= 4 is 11.6 Å². The van der Waals surface area contributed by atoms with Gasteiger partial charge in [0.25, 0.3) is 0 Å². The van der Waals surface area contributed by atoms with Gasteiger partial charge in [-0.05, 0) is 42.7 Å². The summed E-state index contributed by atoms with van der Waals surface area (Å²) in [6, 6.07) is 13.9. The average molecular weight is 368 g/mol. The fraction of sp³-hybridized carbons (Fsp3) is 0.409. The quantitative estimate of drug-likeness (QED) is 0.899. The van der Waals surface area contributed by atoms with E-state index in [0.717, 1.165) is 36.9 Å². The van der Waals surface area contributed by atoms with E-state index in [1.165, 1.54) is 12.1 Å². The summed E-state index contributed by atoms with van der Waals surface area (Å²) in [6.07, 6.45) is 3.57. The van der Waals surface area contributed by atoms with Crippen LogP contribution < -0.4 is 4.90 Å². The Balaban J connectivity index is 1.52. The number of amides is 1. The maximum atomic E-state index is 13.8. The van der Waals surface area contributed by atoms with Crippen molar-refractivity contribution in [3.63, 3.8) is 0 Å². The van der Waals surface area contributed by atoms with Gasteiger partial charge in [-0.2, -0.15) is 0 Å². The number of carbonyl (C=O) groups excluding carboxylic acids is 1. The third-order valence-corrected chi connectivity index (χ3v) is 6.03. The molecule has 2 aromatic rings. The van der Waals surface area contributed by atoms with Crippen molar-refractivity contribution in [3.05, 3.63) is 59.9 Å². The summed E-state index contributed by atoms with van der Waals surface area (Å²) in [5.74, 6) is 0.114. The number of hydrogen-bond donors (Lipinski definition) is 1. The molecule has 1 aliphatic carbocycles. The number of carbonyl (C=O) groups is 1. The van der Waals surface area contributed by atoms with E-state index >= 15 is 0 Å². The Morgan fingerprint density at radius 1 is 0.963 bits per heavy atom. The zero-order valence-electron chi connectivity index (χ0n) is 15.4. The zero-order valence-corrected chi connectivity index (χ0v) is 15.4. The SMILES string of the molecule is O=C(N1CCN(c2ccccc2O)CC1)C1(c2cccc(F)c2)CCCC1. The van der Waals surface area contributed by atoms with E-state index in [-0.39, 0.29) is 17.5 Å². The monoisotopic (exact) mass is 368 g/mol. The summed E-state index contributed by atoms with van der Waals surface area (Å²) < 4.78 is 13.8. The fourth-order valence-corrected chi connectivity index (χ4v) is 4.58. The highest BCUT2D eigenvalue weighted by molar-refractivity contribution is 5.89. The van der Waals surface area contributed by atoms with Crippen LogP contribution in [0.4, 0.5) is 10.1 Å². The largest absolute Gasteiger partial charge is 0.506 e. The average Bonchev–Trinajstić information content (AvgIpc) is 3.19. The summed E-state index contributed by atoms with van der Waals surface area (Å²) in [6.45, 7) is 2.60. The van der Waals surface area contributed by atoms with E-state index < -0.39 is 5.41 Å². The molecule has 1 saturated heterocycles. The first-order valence-corrected chi connectivity index (χ1v) is 9.68. The number of piperazine rings is 1. The van der Waals surface area contributed by atoms with Gasteiger partial charge in [-0.15, -0.1) is 0 Å². The highest BCUT2D eigenvalue weighted by Crippen LogP contribution is 2.43. The molecule has 2 aromatic carbocycles. The number of rotatable bonds is 3. The first-order chi connectivity index (χ1) is 13.1. The minimum Gasteiger partial charge on any atom is -0.506 e. The lowest BCUT2D eigenvalue weighted by molar-refractivity contribution is -0.137. The first-order valence-electron chi connectivity index (χ1n) is 9.68. The third-order valence-electron chi connectivity index (χ3n) is 6.03. The minimum atomic E-state index is -0.584. The predicted octanol–water partition coefficient (Wildman–Crippen LogP) is 3.69. The number of nitrogens with zero attached hydrogens (tertiary/aromatic N) is 2. The highest BCUT2D eigenvalue weighted by atomic mass is 19.1. The van der Waals surface area contributed by atoms with Gasteiger partial charge in [0.15, 0.2) is 0 Å². The Hall–Kier alpha value is -2.56. The third kappa shape index (κ3) is 3.27. The summed E-state index contributed by atoms with van der Waals surface area (Å²) in [5, 5.41) is 10.1.